The summed E-state index contributed by atoms with van der Waals surface area (Å²) in [6.07, 6.45) is 2.20. The van der Waals surface area contributed by atoms with Crippen molar-refractivity contribution in [2.45, 2.75) is 31.7 Å². The topological polar surface area (TPSA) is 102 Å². The lowest BCUT2D eigenvalue weighted by atomic mass is 9.98. The van der Waals surface area contributed by atoms with Crippen LogP contribution >= 0.6 is 0 Å². The zero-order valence-corrected chi connectivity index (χ0v) is 10.8. The Morgan fingerprint density at radius 2 is 2.05 bits per heavy atom. The van der Waals surface area contributed by atoms with Crippen LogP contribution in [0.5, 0.6) is 5.75 Å². The maximum atomic E-state index is 10.5. The minimum absolute atomic E-state index is 0.0419. The first-order chi connectivity index (χ1) is 8.94. The van der Waals surface area contributed by atoms with Crippen molar-refractivity contribution in [1.82, 2.24) is 0 Å². The smallest absolute Gasteiger partial charge is 0.269 e. The highest BCUT2D eigenvalue weighted by Gasteiger charge is 2.15. The van der Waals surface area contributed by atoms with E-state index in [2.05, 4.69) is 0 Å². The van der Waals surface area contributed by atoms with Crippen molar-refractivity contribution in [1.29, 1.82) is 5.26 Å². The molecule has 0 aliphatic heterocycles. The number of ether oxygens (including phenoxy) is 1. The van der Waals surface area contributed by atoms with E-state index in [1.807, 2.05) is 6.07 Å². The minimum atomic E-state index is -0.784. The van der Waals surface area contributed by atoms with Crippen LogP contribution in [0.2, 0.25) is 0 Å². The van der Waals surface area contributed by atoms with E-state index in [9.17, 15) is 10.1 Å². The molecule has 0 aliphatic carbocycles. The molecule has 102 valence electrons. The predicted octanol–water partition coefficient (Wildman–Crippen LogP) is 2.38. The van der Waals surface area contributed by atoms with E-state index >= 15 is 0 Å². The number of nitriles is 1. The van der Waals surface area contributed by atoms with Gasteiger partial charge < -0.3 is 10.5 Å². The largest absolute Gasteiger partial charge is 0.494 e. The van der Waals surface area contributed by atoms with Crippen molar-refractivity contribution < 1.29 is 9.66 Å². The van der Waals surface area contributed by atoms with Gasteiger partial charge >= 0.3 is 0 Å². The van der Waals surface area contributed by atoms with E-state index in [0.29, 0.717) is 18.8 Å². The lowest BCUT2D eigenvalue weighted by Crippen LogP contribution is -2.33. The number of rotatable bonds is 7. The van der Waals surface area contributed by atoms with Gasteiger partial charge in [-0.3, -0.25) is 10.1 Å². The summed E-state index contributed by atoms with van der Waals surface area (Å²) in [5, 5.41) is 19.2. The number of unbranched alkanes of at least 4 members (excludes halogenated alkanes) is 1. The third kappa shape index (κ3) is 5.36. The fraction of sp³-hybridized carbons (Fsp3) is 0.462. The molecule has 0 bridgehead atoms. The van der Waals surface area contributed by atoms with Crippen molar-refractivity contribution >= 4 is 5.69 Å². The summed E-state index contributed by atoms with van der Waals surface area (Å²) in [4.78, 5) is 10.0. The second-order valence-electron chi connectivity index (χ2n) is 4.59. The fourth-order valence-corrected chi connectivity index (χ4v) is 1.50. The number of nitro groups is 1. The van der Waals surface area contributed by atoms with Crippen LogP contribution in [0.3, 0.4) is 0 Å². The van der Waals surface area contributed by atoms with Crippen molar-refractivity contribution in [3.63, 3.8) is 0 Å². The number of hydrogen-bond acceptors (Lipinski definition) is 5. The van der Waals surface area contributed by atoms with E-state index in [1.165, 1.54) is 12.1 Å². The lowest BCUT2D eigenvalue weighted by molar-refractivity contribution is -0.384. The summed E-state index contributed by atoms with van der Waals surface area (Å²) in [5.74, 6) is 0.599. The zero-order valence-electron chi connectivity index (χ0n) is 10.8. The zero-order chi connectivity index (χ0) is 14.3. The SMILES string of the molecule is CC(N)(C#N)CCCCOc1ccc([N+](=O)[O-])cc1. The standard InChI is InChI=1S/C13H17N3O3/c1-13(15,10-14)8-2-3-9-19-12-6-4-11(5-7-12)16(17)18/h4-7H,2-3,8-9,15H2,1H3. The Hall–Kier alpha value is -2.13. The summed E-state index contributed by atoms with van der Waals surface area (Å²) in [7, 11) is 0. The lowest BCUT2D eigenvalue weighted by Gasteiger charge is -2.14. The Bertz CT molecular complexity index is 463. The number of nitro benzene ring substituents is 1. The molecule has 1 unspecified atom stereocenters. The fourth-order valence-electron chi connectivity index (χ4n) is 1.50. The highest BCUT2D eigenvalue weighted by molar-refractivity contribution is 5.35. The Kier molecular flexibility index (Phi) is 5.27. The molecule has 0 heterocycles. The number of benzene rings is 1. The molecule has 1 aromatic rings. The average Bonchev–Trinajstić information content (AvgIpc) is 2.39. The molecule has 19 heavy (non-hydrogen) atoms. The molecule has 6 heteroatoms. The van der Waals surface area contributed by atoms with Gasteiger partial charge in [0.25, 0.3) is 5.69 Å². The van der Waals surface area contributed by atoms with Gasteiger partial charge in [-0.1, -0.05) is 0 Å². The van der Waals surface area contributed by atoms with Gasteiger partial charge in [-0.2, -0.15) is 5.26 Å². The van der Waals surface area contributed by atoms with Crippen LogP contribution in [0.15, 0.2) is 24.3 Å². The Morgan fingerprint density at radius 3 is 2.58 bits per heavy atom. The molecule has 0 fully saturated rings. The molecule has 1 atom stereocenters. The van der Waals surface area contributed by atoms with Gasteiger partial charge in [0.2, 0.25) is 0 Å². The predicted molar refractivity (Wildman–Crippen MR) is 70.6 cm³/mol. The van der Waals surface area contributed by atoms with E-state index in [-0.39, 0.29) is 5.69 Å². The highest BCUT2D eigenvalue weighted by Crippen LogP contribution is 2.18. The molecule has 2 N–H and O–H groups in total. The summed E-state index contributed by atoms with van der Waals surface area (Å²) in [5.41, 5.74) is 4.95. The van der Waals surface area contributed by atoms with Gasteiger partial charge in [0, 0.05) is 12.1 Å². The minimum Gasteiger partial charge on any atom is -0.494 e. The molecular weight excluding hydrogens is 246 g/mol. The van der Waals surface area contributed by atoms with Crippen LogP contribution in [0, 0.1) is 21.4 Å². The second-order valence-corrected chi connectivity index (χ2v) is 4.59. The van der Waals surface area contributed by atoms with Crippen LogP contribution in [0.25, 0.3) is 0 Å². The molecule has 0 aromatic heterocycles. The maximum Gasteiger partial charge on any atom is 0.269 e. The Morgan fingerprint density at radius 1 is 1.42 bits per heavy atom. The number of hydrogen-bond donors (Lipinski definition) is 1. The summed E-state index contributed by atoms with van der Waals surface area (Å²) >= 11 is 0. The first-order valence-electron chi connectivity index (χ1n) is 6.02. The molecule has 6 nitrogen and oxygen atoms in total. The van der Waals surface area contributed by atoms with Crippen LogP contribution in [0.1, 0.15) is 26.2 Å². The maximum absolute atomic E-state index is 10.5. The average molecular weight is 263 g/mol. The highest BCUT2D eigenvalue weighted by atomic mass is 16.6. The number of nitrogens with zero attached hydrogens (tertiary/aromatic N) is 2. The summed E-state index contributed by atoms with van der Waals surface area (Å²) in [6.45, 7) is 2.20. The van der Waals surface area contributed by atoms with E-state index in [4.69, 9.17) is 15.7 Å². The van der Waals surface area contributed by atoms with Crippen LogP contribution < -0.4 is 10.5 Å². The Balaban J connectivity index is 2.27. The quantitative estimate of drug-likeness (QED) is 0.462. The first kappa shape index (κ1) is 14.9. The van der Waals surface area contributed by atoms with Gasteiger partial charge in [-0.05, 0) is 38.3 Å². The van der Waals surface area contributed by atoms with Crippen molar-refractivity contribution in [3.8, 4) is 11.8 Å². The van der Waals surface area contributed by atoms with E-state index in [0.717, 1.165) is 12.8 Å². The molecule has 0 radical (unpaired) electrons. The van der Waals surface area contributed by atoms with Crippen molar-refractivity contribution in [2.24, 2.45) is 5.73 Å². The molecule has 0 saturated carbocycles. The van der Waals surface area contributed by atoms with Crippen molar-refractivity contribution in [3.05, 3.63) is 34.4 Å². The molecule has 0 spiro atoms. The van der Waals surface area contributed by atoms with Gasteiger partial charge in [-0.25, -0.2) is 0 Å². The van der Waals surface area contributed by atoms with E-state index < -0.39 is 10.5 Å². The molecule has 1 rings (SSSR count). The monoisotopic (exact) mass is 263 g/mol. The van der Waals surface area contributed by atoms with Gasteiger partial charge in [0.15, 0.2) is 0 Å². The number of non-ortho nitro benzene ring substituents is 1. The number of nitrogens with two attached hydrogens (primary N) is 1. The molecular formula is C13H17N3O3. The van der Waals surface area contributed by atoms with E-state index in [1.54, 1.807) is 19.1 Å². The molecule has 0 aliphatic rings. The normalized spacial score (nSPS) is 13.3. The molecule has 0 amide bonds. The van der Waals surface area contributed by atoms with Crippen LogP contribution in [-0.2, 0) is 0 Å². The van der Waals surface area contributed by atoms with Crippen LogP contribution in [0.4, 0.5) is 5.69 Å². The van der Waals surface area contributed by atoms with Gasteiger partial charge in [0.05, 0.1) is 17.6 Å². The van der Waals surface area contributed by atoms with Gasteiger partial charge in [0.1, 0.15) is 11.3 Å². The summed E-state index contributed by atoms with van der Waals surface area (Å²) in [6, 6.07) is 7.99. The molecule has 1 aromatic carbocycles. The molecule has 0 saturated heterocycles. The third-order valence-corrected chi connectivity index (χ3v) is 2.66. The third-order valence-electron chi connectivity index (χ3n) is 2.66. The summed E-state index contributed by atoms with van der Waals surface area (Å²) < 4.78 is 5.44. The van der Waals surface area contributed by atoms with Gasteiger partial charge in [-0.15, -0.1) is 0 Å². The Labute approximate surface area is 111 Å². The second kappa shape index (κ2) is 6.71. The first-order valence-corrected chi connectivity index (χ1v) is 6.02. The van der Waals surface area contributed by atoms with Crippen molar-refractivity contribution in [2.75, 3.05) is 6.61 Å². The van der Waals surface area contributed by atoms with Crippen LogP contribution in [-0.4, -0.2) is 17.1 Å².